The minimum Gasteiger partial charge on any atom is -0.493 e. The molecular weight excluding hydrogens is 316 g/mol. The Balaban J connectivity index is 0.00000264. The van der Waals surface area contributed by atoms with E-state index in [0.717, 1.165) is 30.8 Å². The number of hydrogen-bond donors (Lipinski definition) is 1. The molecule has 1 saturated heterocycles. The lowest BCUT2D eigenvalue weighted by atomic mass is 9.96. The van der Waals surface area contributed by atoms with Gasteiger partial charge in [0.1, 0.15) is 0 Å². The van der Waals surface area contributed by atoms with E-state index in [0.29, 0.717) is 17.5 Å². The molecule has 1 aromatic rings. The highest BCUT2D eigenvalue weighted by molar-refractivity contribution is 5.85. The molecule has 132 valence electrons. The zero-order valence-corrected chi connectivity index (χ0v) is 15.3. The number of nitrogens with zero attached hydrogens (tertiary/aromatic N) is 1. The van der Waals surface area contributed by atoms with Crippen LogP contribution in [0.4, 0.5) is 0 Å². The molecule has 1 aliphatic heterocycles. The Hall–Kier alpha value is -1.17. The summed E-state index contributed by atoms with van der Waals surface area (Å²) in [5.41, 5.74) is 7.27. The van der Waals surface area contributed by atoms with Crippen LogP contribution in [0.2, 0.25) is 0 Å². The van der Waals surface area contributed by atoms with Crippen LogP contribution >= 0.6 is 12.4 Å². The first-order valence-corrected chi connectivity index (χ1v) is 7.89. The van der Waals surface area contributed by atoms with Gasteiger partial charge in [0.2, 0.25) is 5.75 Å². The first-order valence-electron chi connectivity index (χ1n) is 7.89. The molecule has 1 heterocycles. The maximum Gasteiger partial charge on any atom is 0.203 e. The van der Waals surface area contributed by atoms with Gasteiger partial charge in [0.05, 0.1) is 21.3 Å². The van der Waals surface area contributed by atoms with Crippen molar-refractivity contribution in [3.63, 3.8) is 0 Å². The molecule has 2 rings (SSSR count). The van der Waals surface area contributed by atoms with Gasteiger partial charge in [-0.2, -0.15) is 0 Å². The maximum atomic E-state index is 6.17. The number of hydrogen-bond acceptors (Lipinski definition) is 5. The Morgan fingerprint density at radius 2 is 1.83 bits per heavy atom. The molecule has 0 spiro atoms. The van der Waals surface area contributed by atoms with Crippen LogP contribution in [0.25, 0.3) is 0 Å². The molecule has 2 unspecified atom stereocenters. The molecule has 6 heteroatoms. The predicted octanol–water partition coefficient (Wildman–Crippen LogP) is 2.84. The van der Waals surface area contributed by atoms with Gasteiger partial charge in [0, 0.05) is 24.2 Å². The van der Waals surface area contributed by atoms with Gasteiger partial charge in [-0.05, 0) is 32.4 Å². The summed E-state index contributed by atoms with van der Waals surface area (Å²) >= 11 is 0. The Morgan fingerprint density at radius 3 is 2.39 bits per heavy atom. The zero-order chi connectivity index (χ0) is 16.1. The summed E-state index contributed by atoms with van der Waals surface area (Å²) in [7, 11) is 4.93. The van der Waals surface area contributed by atoms with Crippen molar-refractivity contribution in [3.05, 3.63) is 17.7 Å². The average molecular weight is 345 g/mol. The third-order valence-electron chi connectivity index (χ3n) is 4.43. The van der Waals surface area contributed by atoms with E-state index in [2.05, 4.69) is 11.8 Å². The van der Waals surface area contributed by atoms with Crippen molar-refractivity contribution in [2.75, 3.05) is 27.9 Å². The van der Waals surface area contributed by atoms with Crippen LogP contribution in [-0.2, 0) is 6.54 Å². The first-order chi connectivity index (χ1) is 10.6. The molecule has 2 atom stereocenters. The van der Waals surface area contributed by atoms with Crippen molar-refractivity contribution >= 4 is 12.4 Å². The molecule has 1 aromatic carbocycles. The highest BCUT2D eigenvalue weighted by Gasteiger charge is 2.27. The van der Waals surface area contributed by atoms with Gasteiger partial charge < -0.3 is 19.9 Å². The Labute approximate surface area is 145 Å². The van der Waals surface area contributed by atoms with Crippen molar-refractivity contribution in [2.24, 2.45) is 5.73 Å². The van der Waals surface area contributed by atoms with Gasteiger partial charge in [-0.25, -0.2) is 0 Å². The zero-order valence-electron chi connectivity index (χ0n) is 14.5. The largest absolute Gasteiger partial charge is 0.493 e. The minimum absolute atomic E-state index is 0. The number of methoxy groups -OCH3 is 3. The topological polar surface area (TPSA) is 57.0 Å². The third kappa shape index (κ3) is 4.43. The van der Waals surface area contributed by atoms with E-state index in [1.807, 2.05) is 12.1 Å². The fourth-order valence-corrected chi connectivity index (χ4v) is 3.32. The first kappa shape index (κ1) is 19.9. The third-order valence-corrected chi connectivity index (χ3v) is 4.43. The minimum atomic E-state index is 0. The molecule has 1 fully saturated rings. The van der Waals surface area contributed by atoms with Crippen molar-refractivity contribution in [1.82, 2.24) is 4.90 Å². The molecule has 0 amide bonds. The summed E-state index contributed by atoms with van der Waals surface area (Å²) in [6.45, 7) is 3.98. The lowest BCUT2D eigenvalue weighted by Crippen LogP contribution is -2.48. The average Bonchev–Trinajstić information content (AvgIpc) is 2.54. The Kier molecular flexibility index (Phi) is 7.95. The van der Waals surface area contributed by atoms with E-state index in [-0.39, 0.29) is 18.4 Å². The summed E-state index contributed by atoms with van der Waals surface area (Å²) in [5.74, 6) is 2.08. The van der Waals surface area contributed by atoms with Gasteiger partial charge >= 0.3 is 0 Å². The predicted molar refractivity (Wildman–Crippen MR) is 95.0 cm³/mol. The van der Waals surface area contributed by atoms with Crippen LogP contribution in [0.5, 0.6) is 17.2 Å². The molecule has 5 nitrogen and oxygen atoms in total. The second kappa shape index (κ2) is 9.21. The molecule has 2 N–H and O–H groups in total. The lowest BCUT2D eigenvalue weighted by Gasteiger charge is -2.38. The number of benzene rings is 1. The SMILES string of the molecule is COc1ccc(CN2CCCCC2C(C)N)c(OC)c1OC.Cl. The summed E-state index contributed by atoms with van der Waals surface area (Å²) in [4.78, 5) is 2.46. The highest BCUT2D eigenvalue weighted by Crippen LogP contribution is 2.40. The molecular formula is C17H29ClN2O3. The molecule has 1 aliphatic rings. The summed E-state index contributed by atoms with van der Waals surface area (Å²) in [6.07, 6.45) is 3.64. The van der Waals surface area contributed by atoms with E-state index in [1.54, 1.807) is 21.3 Å². The maximum absolute atomic E-state index is 6.17. The number of piperidine rings is 1. The molecule has 0 radical (unpaired) electrons. The van der Waals surface area contributed by atoms with Crippen LogP contribution in [0.15, 0.2) is 12.1 Å². The van der Waals surface area contributed by atoms with Gasteiger partial charge in [-0.3, -0.25) is 4.90 Å². The van der Waals surface area contributed by atoms with E-state index in [1.165, 1.54) is 12.8 Å². The van der Waals surface area contributed by atoms with Crippen LogP contribution in [-0.4, -0.2) is 44.9 Å². The van der Waals surface area contributed by atoms with E-state index in [9.17, 15) is 0 Å². The Bertz CT molecular complexity index is 497. The quantitative estimate of drug-likeness (QED) is 0.860. The van der Waals surface area contributed by atoms with E-state index >= 15 is 0 Å². The van der Waals surface area contributed by atoms with Gasteiger partial charge in [-0.1, -0.05) is 12.5 Å². The van der Waals surface area contributed by atoms with Gasteiger partial charge in [0.15, 0.2) is 11.5 Å². The lowest BCUT2D eigenvalue weighted by molar-refractivity contribution is 0.121. The summed E-state index contributed by atoms with van der Waals surface area (Å²) in [6, 6.07) is 4.58. The van der Waals surface area contributed by atoms with Crippen molar-refractivity contribution in [2.45, 2.75) is 44.8 Å². The highest BCUT2D eigenvalue weighted by atomic mass is 35.5. The fraction of sp³-hybridized carbons (Fsp3) is 0.647. The van der Waals surface area contributed by atoms with Gasteiger partial charge in [0.25, 0.3) is 0 Å². The number of halogens is 1. The smallest absolute Gasteiger partial charge is 0.203 e. The van der Waals surface area contributed by atoms with Crippen LogP contribution in [0, 0.1) is 0 Å². The van der Waals surface area contributed by atoms with Crippen molar-refractivity contribution in [1.29, 1.82) is 0 Å². The van der Waals surface area contributed by atoms with Crippen LogP contribution < -0.4 is 19.9 Å². The molecule has 0 aliphatic carbocycles. The standard InChI is InChI=1S/C17H28N2O3.ClH/c1-12(18)14-7-5-6-10-19(14)11-13-8-9-15(20-2)17(22-4)16(13)21-3;/h8-9,12,14H,5-7,10-11,18H2,1-4H3;1H. The summed E-state index contributed by atoms with van der Waals surface area (Å²) in [5, 5.41) is 0. The monoisotopic (exact) mass is 344 g/mol. The summed E-state index contributed by atoms with van der Waals surface area (Å²) < 4.78 is 16.4. The molecule has 0 bridgehead atoms. The Morgan fingerprint density at radius 1 is 1.13 bits per heavy atom. The van der Waals surface area contributed by atoms with Crippen molar-refractivity contribution < 1.29 is 14.2 Å². The normalized spacial score (nSPS) is 19.6. The fourth-order valence-electron chi connectivity index (χ4n) is 3.32. The molecule has 23 heavy (non-hydrogen) atoms. The number of rotatable bonds is 6. The van der Waals surface area contributed by atoms with E-state index < -0.39 is 0 Å². The second-order valence-electron chi connectivity index (χ2n) is 5.89. The van der Waals surface area contributed by atoms with Gasteiger partial charge in [-0.15, -0.1) is 12.4 Å². The second-order valence-corrected chi connectivity index (χ2v) is 5.89. The van der Waals surface area contributed by atoms with Crippen LogP contribution in [0.1, 0.15) is 31.7 Å². The molecule has 0 aromatic heterocycles. The number of nitrogens with two attached hydrogens (primary N) is 1. The molecule has 0 saturated carbocycles. The number of likely N-dealkylation sites (tertiary alicyclic amines) is 1. The van der Waals surface area contributed by atoms with Crippen LogP contribution in [0.3, 0.4) is 0 Å². The van der Waals surface area contributed by atoms with Crippen molar-refractivity contribution in [3.8, 4) is 17.2 Å². The van der Waals surface area contributed by atoms with E-state index in [4.69, 9.17) is 19.9 Å². The number of ether oxygens (including phenoxy) is 3.